The van der Waals surface area contributed by atoms with Gasteiger partial charge in [-0.3, -0.25) is 9.59 Å². The molecule has 0 N–H and O–H groups in total. The number of alkyl halides is 2. The minimum absolute atomic E-state index is 0.0155. The molecule has 2 aromatic rings. The fourth-order valence-electron chi connectivity index (χ4n) is 5.15. The summed E-state index contributed by atoms with van der Waals surface area (Å²) < 4.78 is 34.5. The van der Waals surface area contributed by atoms with Crippen molar-refractivity contribution in [2.24, 2.45) is 11.8 Å². The van der Waals surface area contributed by atoms with E-state index in [0.717, 1.165) is 10.0 Å². The Morgan fingerprint density at radius 3 is 2.50 bits per heavy atom. The van der Waals surface area contributed by atoms with E-state index in [-0.39, 0.29) is 61.9 Å². The van der Waals surface area contributed by atoms with Gasteiger partial charge in [0.1, 0.15) is 11.9 Å². The molecule has 2 aliphatic rings. The molecule has 2 atom stereocenters. The number of hydrogen-bond acceptors (Lipinski definition) is 3. The third-order valence-corrected chi connectivity index (χ3v) is 7.74. The van der Waals surface area contributed by atoms with Gasteiger partial charge in [-0.05, 0) is 36.6 Å². The predicted molar refractivity (Wildman–Crippen MR) is 138 cm³/mol. The second-order valence-electron chi connectivity index (χ2n) is 10.0. The van der Waals surface area contributed by atoms with E-state index in [9.17, 15) is 18.4 Å². The van der Waals surface area contributed by atoms with Crippen LogP contribution >= 0.6 is 15.9 Å². The van der Waals surface area contributed by atoms with Gasteiger partial charge >= 0.3 is 0 Å². The largest absolute Gasteiger partial charge is 0.490 e. The molecule has 0 radical (unpaired) electrons. The molecule has 2 amide bonds. The van der Waals surface area contributed by atoms with Gasteiger partial charge in [0.2, 0.25) is 17.7 Å². The number of hydrogen-bond donors (Lipinski definition) is 0. The zero-order valence-corrected chi connectivity index (χ0v) is 22.1. The Morgan fingerprint density at radius 2 is 1.81 bits per heavy atom. The minimum atomic E-state index is -2.67. The molecule has 4 rings (SSSR count). The number of rotatable bonds is 7. The van der Waals surface area contributed by atoms with Crippen LogP contribution in [0, 0.1) is 11.8 Å². The maximum Gasteiger partial charge on any atom is 0.248 e. The molecule has 0 bridgehead atoms. The van der Waals surface area contributed by atoms with Crippen LogP contribution < -0.4 is 4.74 Å². The molecule has 1 saturated heterocycles. The lowest BCUT2D eigenvalue weighted by Crippen LogP contribution is -2.51. The smallest absolute Gasteiger partial charge is 0.248 e. The van der Waals surface area contributed by atoms with Gasteiger partial charge in [-0.15, -0.1) is 0 Å². The highest BCUT2D eigenvalue weighted by Gasteiger charge is 2.41. The quantitative estimate of drug-likeness (QED) is 0.421. The number of ether oxygens (including phenoxy) is 1. The van der Waals surface area contributed by atoms with Crippen molar-refractivity contribution >= 4 is 27.7 Å². The summed E-state index contributed by atoms with van der Waals surface area (Å²) in [4.78, 5) is 29.9. The Hall–Kier alpha value is -2.48. The zero-order valence-electron chi connectivity index (χ0n) is 20.5. The average molecular weight is 563 g/mol. The molecule has 36 heavy (non-hydrogen) atoms. The van der Waals surface area contributed by atoms with E-state index in [1.165, 1.54) is 0 Å². The normalized spacial score (nSPS) is 22.2. The third-order valence-electron chi connectivity index (χ3n) is 7.25. The fraction of sp³-hybridized carbons (Fsp3) is 0.500. The van der Waals surface area contributed by atoms with Crippen molar-refractivity contribution in [2.75, 3.05) is 20.1 Å². The molecule has 5 nitrogen and oxygen atoms in total. The number of piperidine rings is 1. The van der Waals surface area contributed by atoms with Gasteiger partial charge in [-0.2, -0.15) is 0 Å². The summed E-state index contributed by atoms with van der Waals surface area (Å²) in [6.07, 6.45) is 0.549. The minimum Gasteiger partial charge on any atom is -0.490 e. The van der Waals surface area contributed by atoms with Gasteiger partial charge in [0.25, 0.3) is 0 Å². The lowest BCUT2D eigenvalue weighted by Gasteiger charge is -2.41. The molecule has 1 aliphatic carbocycles. The van der Waals surface area contributed by atoms with Crippen molar-refractivity contribution < 1.29 is 23.1 Å². The predicted octanol–water partition coefficient (Wildman–Crippen LogP) is 5.92. The van der Waals surface area contributed by atoms with E-state index in [4.69, 9.17) is 4.74 Å². The molecule has 0 spiro atoms. The molecule has 194 valence electrons. The summed E-state index contributed by atoms with van der Waals surface area (Å²) >= 11 is 3.47. The number of likely N-dealkylation sites (tertiary alicyclic amines) is 1. The highest BCUT2D eigenvalue weighted by atomic mass is 79.9. The van der Waals surface area contributed by atoms with Crippen LogP contribution in [0.25, 0.3) is 0 Å². The van der Waals surface area contributed by atoms with E-state index in [0.29, 0.717) is 31.8 Å². The van der Waals surface area contributed by atoms with Crippen molar-refractivity contribution in [3.05, 3.63) is 64.6 Å². The van der Waals surface area contributed by atoms with Crippen LogP contribution in [0.3, 0.4) is 0 Å². The van der Waals surface area contributed by atoms with Gasteiger partial charge in [0.15, 0.2) is 0 Å². The lowest BCUT2D eigenvalue weighted by atomic mass is 9.84. The summed E-state index contributed by atoms with van der Waals surface area (Å²) in [6, 6.07) is 17.4. The number of carbonyl (C=O) groups is 2. The molecule has 1 aliphatic heterocycles. The number of carbonyl (C=O) groups excluding carboxylic acids is 2. The van der Waals surface area contributed by atoms with Crippen LogP contribution in [0.1, 0.15) is 44.1 Å². The van der Waals surface area contributed by atoms with Gasteiger partial charge < -0.3 is 14.5 Å². The molecule has 0 aromatic heterocycles. The van der Waals surface area contributed by atoms with Crippen LogP contribution in [-0.4, -0.2) is 53.8 Å². The maximum atomic E-state index is 13.6. The summed E-state index contributed by atoms with van der Waals surface area (Å²) in [6.45, 7) is 1.38. The monoisotopic (exact) mass is 562 g/mol. The van der Waals surface area contributed by atoms with E-state index >= 15 is 0 Å². The van der Waals surface area contributed by atoms with Crippen LogP contribution in [0.5, 0.6) is 5.75 Å². The fourth-order valence-corrected chi connectivity index (χ4v) is 5.53. The molecule has 0 unspecified atom stereocenters. The van der Waals surface area contributed by atoms with Crippen LogP contribution in [0.2, 0.25) is 0 Å². The summed E-state index contributed by atoms with van der Waals surface area (Å²) in [5, 5.41) is 0. The summed E-state index contributed by atoms with van der Waals surface area (Å²) in [5.74, 6) is -2.61. The summed E-state index contributed by atoms with van der Waals surface area (Å²) in [7, 11) is 1.79. The molecule has 1 heterocycles. The van der Waals surface area contributed by atoms with Crippen molar-refractivity contribution in [1.82, 2.24) is 9.80 Å². The standard InChI is InChI=1S/C28H33BrF2N2O3/c1-32(18-20-6-3-2-4-7-20)26(34)16-22-19-33(27(35)21-10-13-28(30,31)14-11-21)15-12-25(22)36-24-9-5-8-23(29)17-24/h2-9,17,21-22,25H,10-16,18-19H2,1H3/t22-,25-/m0/s1. The van der Waals surface area contributed by atoms with E-state index in [2.05, 4.69) is 15.9 Å². The molecular formula is C28H33BrF2N2O3. The van der Waals surface area contributed by atoms with Crippen molar-refractivity contribution in [1.29, 1.82) is 0 Å². The number of halogens is 3. The molecule has 2 fully saturated rings. The van der Waals surface area contributed by atoms with Crippen molar-refractivity contribution in [3.63, 3.8) is 0 Å². The number of nitrogens with zero attached hydrogens (tertiary/aromatic N) is 2. The molecule has 8 heteroatoms. The Bertz CT molecular complexity index is 1040. The van der Waals surface area contributed by atoms with Crippen LogP contribution in [0.4, 0.5) is 8.78 Å². The number of amides is 2. The Labute approximate surface area is 219 Å². The van der Waals surface area contributed by atoms with E-state index in [1.807, 2.05) is 54.6 Å². The Morgan fingerprint density at radius 1 is 1.08 bits per heavy atom. The van der Waals surface area contributed by atoms with Gasteiger partial charge in [0, 0.05) is 68.7 Å². The van der Waals surface area contributed by atoms with Gasteiger partial charge in [-0.1, -0.05) is 52.3 Å². The second kappa shape index (κ2) is 11.7. The highest BCUT2D eigenvalue weighted by molar-refractivity contribution is 9.10. The zero-order chi connectivity index (χ0) is 25.7. The van der Waals surface area contributed by atoms with Gasteiger partial charge in [-0.25, -0.2) is 8.78 Å². The van der Waals surface area contributed by atoms with Crippen LogP contribution in [0.15, 0.2) is 59.1 Å². The topological polar surface area (TPSA) is 49.9 Å². The van der Waals surface area contributed by atoms with E-state index < -0.39 is 5.92 Å². The second-order valence-corrected chi connectivity index (χ2v) is 10.9. The number of benzene rings is 2. The molecule has 2 aromatic carbocycles. The SMILES string of the molecule is CN(Cc1ccccc1)C(=O)C[C@H]1CN(C(=O)C2CCC(F)(F)CC2)CC[C@@H]1Oc1cccc(Br)c1. The summed E-state index contributed by atoms with van der Waals surface area (Å²) in [5.41, 5.74) is 1.05. The van der Waals surface area contributed by atoms with Crippen molar-refractivity contribution in [3.8, 4) is 5.75 Å². The van der Waals surface area contributed by atoms with Crippen molar-refractivity contribution in [2.45, 2.75) is 57.1 Å². The first-order valence-corrected chi connectivity index (χ1v) is 13.4. The first-order chi connectivity index (χ1) is 17.2. The van der Waals surface area contributed by atoms with Gasteiger partial charge in [0.05, 0.1) is 0 Å². The highest BCUT2D eigenvalue weighted by Crippen LogP contribution is 2.38. The Kier molecular flexibility index (Phi) is 8.65. The maximum absolute atomic E-state index is 13.6. The molecular weight excluding hydrogens is 530 g/mol. The molecule has 1 saturated carbocycles. The first-order valence-electron chi connectivity index (χ1n) is 12.6. The lowest BCUT2D eigenvalue weighted by molar-refractivity contribution is -0.145. The van der Waals surface area contributed by atoms with E-state index in [1.54, 1.807) is 16.8 Å². The Balaban J connectivity index is 1.44. The first kappa shape index (κ1) is 26.6. The third kappa shape index (κ3) is 7.05. The van der Waals surface area contributed by atoms with Crippen LogP contribution in [-0.2, 0) is 16.1 Å². The average Bonchev–Trinajstić information content (AvgIpc) is 2.85.